The minimum Gasteiger partial charge on any atom is -0.496 e. The van der Waals surface area contributed by atoms with Crippen molar-refractivity contribution in [2.45, 2.75) is 0 Å². The van der Waals surface area contributed by atoms with Crippen molar-refractivity contribution in [2.75, 3.05) is 7.11 Å². The van der Waals surface area contributed by atoms with Crippen LogP contribution in [0.25, 0.3) is 22.2 Å². The number of hydrogen-bond donors (Lipinski definition) is 2. The van der Waals surface area contributed by atoms with E-state index in [0.717, 1.165) is 5.39 Å². The van der Waals surface area contributed by atoms with Gasteiger partial charge < -0.3 is 14.3 Å². The molecule has 3 rings (SSSR count). The fourth-order valence-electron chi connectivity index (χ4n) is 2.03. The molecule has 0 amide bonds. The topological polar surface area (TPSA) is 88.4 Å². The maximum atomic E-state index is 11.2. The van der Waals surface area contributed by atoms with Gasteiger partial charge in [0.15, 0.2) is 0 Å². The fourth-order valence-corrected chi connectivity index (χ4v) is 2.03. The third-order valence-corrected chi connectivity index (χ3v) is 2.82. The highest BCUT2D eigenvalue weighted by Crippen LogP contribution is 2.39. The Morgan fingerprint density at radius 2 is 2.21 bits per heavy atom. The Morgan fingerprint density at radius 3 is 2.89 bits per heavy atom. The van der Waals surface area contributed by atoms with Crippen molar-refractivity contribution >= 4 is 10.9 Å². The zero-order chi connectivity index (χ0) is 13.4. The first kappa shape index (κ1) is 11.3. The van der Waals surface area contributed by atoms with E-state index in [9.17, 15) is 9.90 Å². The van der Waals surface area contributed by atoms with Gasteiger partial charge in [-0.3, -0.25) is 9.97 Å². The number of aromatic hydroxyl groups is 1. The lowest BCUT2D eigenvalue weighted by Crippen LogP contribution is -1.93. The molecule has 6 heteroatoms. The molecule has 1 aromatic carbocycles. The molecule has 0 atom stereocenters. The highest BCUT2D eigenvalue weighted by Gasteiger charge is 2.19. The molecule has 6 nitrogen and oxygen atoms in total. The average Bonchev–Trinajstić information content (AvgIpc) is 2.76. The number of H-pyrrole nitrogens is 1. The molecule has 0 aliphatic rings. The number of pyridine rings is 1. The highest BCUT2D eigenvalue weighted by molar-refractivity contribution is 5.97. The smallest absolute Gasteiger partial charge is 0.419 e. The van der Waals surface area contributed by atoms with Crippen LogP contribution in [-0.4, -0.2) is 22.2 Å². The van der Waals surface area contributed by atoms with Crippen molar-refractivity contribution in [3.63, 3.8) is 0 Å². The van der Waals surface area contributed by atoms with Crippen molar-refractivity contribution in [3.05, 3.63) is 41.0 Å². The minimum atomic E-state index is -0.726. The van der Waals surface area contributed by atoms with Crippen LogP contribution in [-0.2, 0) is 0 Å². The SMILES string of the molecule is COc1ccc2ncccc2c1-c1oc(=O)[nH]c1O. The van der Waals surface area contributed by atoms with Crippen molar-refractivity contribution in [1.82, 2.24) is 9.97 Å². The molecular weight excluding hydrogens is 248 g/mol. The molecule has 0 radical (unpaired) electrons. The quantitative estimate of drug-likeness (QED) is 0.732. The van der Waals surface area contributed by atoms with Gasteiger partial charge >= 0.3 is 5.76 Å². The Balaban J connectivity index is 2.43. The Morgan fingerprint density at radius 1 is 1.37 bits per heavy atom. The van der Waals surface area contributed by atoms with E-state index < -0.39 is 5.76 Å². The van der Waals surface area contributed by atoms with Gasteiger partial charge in [-0.2, -0.15) is 0 Å². The summed E-state index contributed by atoms with van der Waals surface area (Å²) >= 11 is 0. The highest BCUT2D eigenvalue weighted by atomic mass is 16.5. The van der Waals surface area contributed by atoms with E-state index in [1.807, 2.05) is 6.07 Å². The van der Waals surface area contributed by atoms with Crippen LogP contribution in [0, 0.1) is 0 Å². The van der Waals surface area contributed by atoms with Crippen molar-refractivity contribution in [3.8, 4) is 23.0 Å². The number of methoxy groups -OCH3 is 1. The molecule has 2 N–H and O–H groups in total. The van der Waals surface area contributed by atoms with Gasteiger partial charge in [-0.25, -0.2) is 4.79 Å². The van der Waals surface area contributed by atoms with Crippen molar-refractivity contribution in [2.24, 2.45) is 0 Å². The number of ether oxygens (including phenoxy) is 1. The second-order valence-corrected chi connectivity index (χ2v) is 3.91. The van der Waals surface area contributed by atoms with Crippen LogP contribution < -0.4 is 10.5 Å². The zero-order valence-corrected chi connectivity index (χ0v) is 10.0. The van der Waals surface area contributed by atoms with Crippen molar-refractivity contribution in [1.29, 1.82) is 0 Å². The van der Waals surface area contributed by atoms with Crippen LogP contribution in [0.3, 0.4) is 0 Å². The number of aromatic amines is 1. The fraction of sp³-hybridized carbons (Fsp3) is 0.0769. The maximum Gasteiger partial charge on any atom is 0.419 e. The number of rotatable bonds is 2. The van der Waals surface area contributed by atoms with Gasteiger partial charge in [-0.05, 0) is 18.2 Å². The first-order valence-corrected chi connectivity index (χ1v) is 5.55. The molecule has 0 unspecified atom stereocenters. The Kier molecular flexibility index (Phi) is 2.49. The summed E-state index contributed by atoms with van der Waals surface area (Å²) < 4.78 is 10.2. The molecule has 0 fully saturated rings. The molecule has 0 spiro atoms. The summed E-state index contributed by atoms with van der Waals surface area (Å²) in [4.78, 5) is 17.6. The van der Waals surface area contributed by atoms with Crippen LogP contribution in [0.5, 0.6) is 11.6 Å². The molecule has 0 saturated carbocycles. The number of nitrogens with zero attached hydrogens (tertiary/aromatic N) is 1. The number of nitrogens with one attached hydrogen (secondary N) is 1. The summed E-state index contributed by atoms with van der Waals surface area (Å²) in [6.45, 7) is 0. The Bertz CT molecular complexity index is 804. The van der Waals surface area contributed by atoms with E-state index in [-0.39, 0.29) is 11.6 Å². The molecule has 19 heavy (non-hydrogen) atoms. The van der Waals surface area contributed by atoms with Crippen LogP contribution >= 0.6 is 0 Å². The normalized spacial score (nSPS) is 10.8. The van der Waals surface area contributed by atoms with Gasteiger partial charge in [-0.15, -0.1) is 0 Å². The largest absolute Gasteiger partial charge is 0.496 e. The van der Waals surface area contributed by atoms with E-state index in [1.165, 1.54) is 7.11 Å². The Labute approximate surface area is 107 Å². The first-order chi connectivity index (χ1) is 9.20. The summed E-state index contributed by atoms with van der Waals surface area (Å²) in [5.74, 6) is -0.533. The number of benzene rings is 1. The van der Waals surface area contributed by atoms with E-state index >= 15 is 0 Å². The van der Waals surface area contributed by atoms with Gasteiger partial charge in [0.25, 0.3) is 0 Å². The lowest BCUT2D eigenvalue weighted by atomic mass is 10.1. The first-order valence-electron chi connectivity index (χ1n) is 5.55. The number of hydrogen-bond acceptors (Lipinski definition) is 5. The number of aromatic nitrogens is 2. The summed E-state index contributed by atoms with van der Waals surface area (Å²) in [7, 11) is 1.50. The Hall–Kier alpha value is -2.76. The van der Waals surface area contributed by atoms with Gasteiger partial charge in [0.05, 0.1) is 18.2 Å². The second kappa shape index (κ2) is 4.16. The van der Waals surface area contributed by atoms with E-state index in [4.69, 9.17) is 9.15 Å². The molecule has 3 aromatic rings. The van der Waals surface area contributed by atoms with Crippen LogP contribution in [0.4, 0.5) is 0 Å². The van der Waals surface area contributed by atoms with Gasteiger partial charge in [-0.1, -0.05) is 6.07 Å². The van der Waals surface area contributed by atoms with Crippen LogP contribution in [0.2, 0.25) is 0 Å². The lowest BCUT2D eigenvalue weighted by Gasteiger charge is -2.09. The van der Waals surface area contributed by atoms with Gasteiger partial charge in [0.2, 0.25) is 11.6 Å². The molecule has 0 saturated heterocycles. The van der Waals surface area contributed by atoms with E-state index in [2.05, 4.69) is 9.97 Å². The van der Waals surface area contributed by atoms with Crippen LogP contribution in [0.15, 0.2) is 39.7 Å². The maximum absolute atomic E-state index is 11.2. The zero-order valence-electron chi connectivity index (χ0n) is 10.0. The van der Waals surface area contributed by atoms with E-state index in [0.29, 0.717) is 16.8 Å². The third kappa shape index (κ3) is 1.74. The second-order valence-electron chi connectivity index (χ2n) is 3.91. The van der Waals surface area contributed by atoms with Crippen molar-refractivity contribution < 1.29 is 14.3 Å². The van der Waals surface area contributed by atoms with Gasteiger partial charge in [0.1, 0.15) is 5.75 Å². The average molecular weight is 258 g/mol. The summed E-state index contributed by atoms with van der Waals surface area (Å²) in [5.41, 5.74) is 1.20. The summed E-state index contributed by atoms with van der Waals surface area (Å²) in [6, 6.07) is 7.07. The molecule has 2 aromatic heterocycles. The van der Waals surface area contributed by atoms with E-state index in [1.54, 1.807) is 24.4 Å². The van der Waals surface area contributed by atoms with Gasteiger partial charge in [0, 0.05) is 11.6 Å². The monoisotopic (exact) mass is 258 g/mol. The molecule has 0 aliphatic heterocycles. The predicted octanol–water partition coefficient (Wildman–Crippen LogP) is 1.90. The predicted molar refractivity (Wildman–Crippen MR) is 68.3 cm³/mol. The molecular formula is C13H10N2O4. The minimum absolute atomic E-state index is 0.0421. The summed E-state index contributed by atoms with van der Waals surface area (Å²) in [6.07, 6.45) is 1.66. The molecule has 0 aliphatic carbocycles. The molecule has 96 valence electrons. The molecule has 2 heterocycles. The lowest BCUT2D eigenvalue weighted by molar-refractivity contribution is 0.412. The van der Waals surface area contributed by atoms with Crippen LogP contribution in [0.1, 0.15) is 0 Å². The summed E-state index contributed by atoms with van der Waals surface area (Å²) in [5, 5.41) is 10.5. The molecule has 0 bridgehead atoms. The standard InChI is InChI=1S/C13H10N2O4/c1-18-9-5-4-8-7(3-2-6-14-8)10(9)11-12(16)15-13(17)19-11/h2-6,16H,1H3,(H,15,17). The third-order valence-electron chi connectivity index (χ3n) is 2.82. The number of fused-ring (bicyclic) bond motifs is 1. The number of oxazole rings is 1.